The lowest BCUT2D eigenvalue weighted by Gasteiger charge is -2.10. The third-order valence-electron chi connectivity index (χ3n) is 4.35. The molecule has 0 radical (unpaired) electrons. The predicted molar refractivity (Wildman–Crippen MR) is 119 cm³/mol. The van der Waals surface area contributed by atoms with Crippen LogP contribution in [-0.4, -0.2) is 26.4 Å². The summed E-state index contributed by atoms with van der Waals surface area (Å²) in [7, 11) is 0. The van der Waals surface area contributed by atoms with Crippen molar-refractivity contribution >= 4 is 46.3 Å². The molecule has 8 heteroatoms. The smallest absolute Gasteiger partial charge is 0.234 e. The molecule has 0 fully saturated rings. The molecule has 3 aromatic rings. The monoisotopic (exact) mass is 434 g/mol. The molecule has 1 N–H and O–H groups in total. The second-order valence-electron chi connectivity index (χ2n) is 6.69. The molecule has 0 aliphatic heterocycles. The molecule has 0 saturated heterocycles. The van der Waals surface area contributed by atoms with Crippen LogP contribution in [0.5, 0.6) is 0 Å². The van der Waals surface area contributed by atoms with Crippen molar-refractivity contribution in [3.05, 3.63) is 45.1 Å². The highest BCUT2D eigenvalue weighted by molar-refractivity contribution is 7.99. The number of hydrogen-bond donors (Lipinski definition) is 1. The molecule has 1 aromatic carbocycles. The molecule has 28 heavy (non-hydrogen) atoms. The predicted octanol–water partition coefficient (Wildman–Crippen LogP) is 5.84. The molecule has 0 aliphatic rings. The zero-order valence-corrected chi connectivity index (χ0v) is 18.7. The van der Waals surface area contributed by atoms with Gasteiger partial charge in [-0.25, -0.2) is 0 Å². The maximum Gasteiger partial charge on any atom is 0.234 e. The van der Waals surface area contributed by atoms with E-state index in [1.165, 1.54) is 16.6 Å². The van der Waals surface area contributed by atoms with Crippen LogP contribution in [0.25, 0.3) is 11.4 Å². The topological polar surface area (TPSA) is 59.8 Å². The average Bonchev–Trinajstić information content (AvgIpc) is 3.30. The van der Waals surface area contributed by atoms with E-state index >= 15 is 0 Å². The highest BCUT2D eigenvalue weighted by atomic mass is 35.5. The molecule has 3 rings (SSSR count). The summed E-state index contributed by atoms with van der Waals surface area (Å²) in [5.41, 5.74) is 2.67. The molecule has 0 atom stereocenters. The van der Waals surface area contributed by atoms with Gasteiger partial charge in [0.15, 0.2) is 11.0 Å². The van der Waals surface area contributed by atoms with E-state index in [2.05, 4.69) is 52.3 Å². The van der Waals surface area contributed by atoms with Crippen molar-refractivity contribution in [3.63, 3.8) is 0 Å². The molecule has 148 valence electrons. The van der Waals surface area contributed by atoms with Crippen LogP contribution >= 0.6 is 34.7 Å². The largest absolute Gasteiger partial charge is 0.325 e. The Morgan fingerprint density at radius 1 is 1.36 bits per heavy atom. The van der Waals surface area contributed by atoms with Crippen LogP contribution in [-0.2, 0) is 11.3 Å². The second-order valence-corrected chi connectivity index (χ2v) is 8.98. The van der Waals surface area contributed by atoms with Crippen molar-refractivity contribution in [3.8, 4) is 11.4 Å². The Labute approximate surface area is 178 Å². The van der Waals surface area contributed by atoms with Gasteiger partial charge in [-0.05, 0) is 43.5 Å². The zero-order chi connectivity index (χ0) is 20.3. The van der Waals surface area contributed by atoms with E-state index in [1.807, 2.05) is 25.1 Å². The summed E-state index contributed by atoms with van der Waals surface area (Å²) in [6.45, 7) is 9.05. The zero-order valence-electron chi connectivity index (χ0n) is 16.3. The Balaban J connectivity index is 1.70. The Bertz CT molecular complexity index is 980. The molecule has 0 spiro atoms. The van der Waals surface area contributed by atoms with E-state index in [1.54, 1.807) is 11.3 Å². The number of nitrogens with one attached hydrogen (secondary N) is 1. The Kier molecular flexibility index (Phi) is 6.80. The number of halogens is 1. The minimum atomic E-state index is -0.0970. The van der Waals surface area contributed by atoms with E-state index in [4.69, 9.17) is 11.6 Å². The van der Waals surface area contributed by atoms with Gasteiger partial charge < -0.3 is 9.88 Å². The fourth-order valence-corrected chi connectivity index (χ4v) is 4.61. The standard InChI is InChI=1S/C20H23ClN4OS2/c1-5-25-19(14-9-17(12(2)3)27-10-14)23-24-20(25)28-11-18(26)22-16-8-6-7-15(21)13(16)4/h6-10,12H,5,11H2,1-4H3,(H,22,26). The number of amides is 1. The number of nitrogens with zero attached hydrogens (tertiary/aromatic N) is 3. The van der Waals surface area contributed by atoms with Gasteiger partial charge in [0.2, 0.25) is 5.91 Å². The first-order chi connectivity index (χ1) is 13.4. The van der Waals surface area contributed by atoms with Gasteiger partial charge in [0, 0.05) is 33.1 Å². The quantitative estimate of drug-likeness (QED) is 0.474. The summed E-state index contributed by atoms with van der Waals surface area (Å²) in [5, 5.41) is 15.1. The lowest BCUT2D eigenvalue weighted by Crippen LogP contribution is -2.15. The normalized spacial score (nSPS) is 11.2. The van der Waals surface area contributed by atoms with E-state index in [0.29, 0.717) is 10.9 Å². The van der Waals surface area contributed by atoms with Gasteiger partial charge in [0.25, 0.3) is 0 Å². The van der Waals surface area contributed by atoms with E-state index in [0.717, 1.165) is 34.3 Å². The molecule has 2 aromatic heterocycles. The number of anilines is 1. The number of benzene rings is 1. The van der Waals surface area contributed by atoms with Crippen LogP contribution in [0.1, 0.15) is 37.1 Å². The minimum Gasteiger partial charge on any atom is -0.325 e. The summed E-state index contributed by atoms with van der Waals surface area (Å²) in [4.78, 5) is 13.7. The van der Waals surface area contributed by atoms with Gasteiger partial charge in [0.1, 0.15) is 0 Å². The van der Waals surface area contributed by atoms with E-state index in [9.17, 15) is 4.79 Å². The summed E-state index contributed by atoms with van der Waals surface area (Å²) in [6.07, 6.45) is 0. The summed E-state index contributed by atoms with van der Waals surface area (Å²) in [5.74, 6) is 1.49. The number of carbonyl (C=O) groups excluding carboxylic acids is 1. The molecule has 0 aliphatic carbocycles. The summed E-state index contributed by atoms with van der Waals surface area (Å²) >= 11 is 9.24. The fourth-order valence-electron chi connectivity index (χ4n) is 2.73. The molecule has 0 unspecified atom stereocenters. The molecular weight excluding hydrogens is 412 g/mol. The van der Waals surface area contributed by atoms with Crippen molar-refractivity contribution in [1.29, 1.82) is 0 Å². The lowest BCUT2D eigenvalue weighted by molar-refractivity contribution is -0.113. The second kappa shape index (κ2) is 9.11. The first-order valence-electron chi connectivity index (χ1n) is 9.10. The van der Waals surface area contributed by atoms with Gasteiger partial charge in [-0.2, -0.15) is 0 Å². The highest BCUT2D eigenvalue weighted by Gasteiger charge is 2.17. The van der Waals surface area contributed by atoms with Crippen molar-refractivity contribution in [1.82, 2.24) is 14.8 Å². The van der Waals surface area contributed by atoms with E-state index < -0.39 is 0 Å². The number of carbonyl (C=O) groups is 1. The van der Waals surface area contributed by atoms with Crippen molar-refractivity contribution in [2.45, 2.75) is 45.3 Å². The number of hydrogen-bond acceptors (Lipinski definition) is 5. The van der Waals surface area contributed by atoms with Crippen LogP contribution in [0.4, 0.5) is 5.69 Å². The lowest BCUT2D eigenvalue weighted by atomic mass is 10.1. The van der Waals surface area contributed by atoms with Crippen molar-refractivity contribution in [2.75, 3.05) is 11.1 Å². The third kappa shape index (κ3) is 4.59. The molecule has 0 saturated carbocycles. The maximum absolute atomic E-state index is 12.4. The molecule has 5 nitrogen and oxygen atoms in total. The maximum atomic E-state index is 12.4. The number of thioether (sulfide) groups is 1. The average molecular weight is 435 g/mol. The number of aromatic nitrogens is 3. The van der Waals surface area contributed by atoms with Crippen LogP contribution in [0, 0.1) is 6.92 Å². The van der Waals surface area contributed by atoms with Crippen LogP contribution in [0.3, 0.4) is 0 Å². The van der Waals surface area contributed by atoms with Gasteiger partial charge in [-0.1, -0.05) is 43.3 Å². The molecule has 0 bridgehead atoms. The van der Waals surface area contributed by atoms with E-state index in [-0.39, 0.29) is 11.7 Å². The third-order valence-corrected chi connectivity index (χ3v) is 6.96. The fraction of sp³-hybridized carbons (Fsp3) is 0.350. The van der Waals surface area contributed by atoms with Crippen LogP contribution in [0.15, 0.2) is 34.8 Å². The summed E-state index contributed by atoms with van der Waals surface area (Å²) < 4.78 is 2.05. The molecule has 1 amide bonds. The molecular formula is C20H23ClN4OS2. The Morgan fingerprint density at radius 3 is 2.82 bits per heavy atom. The van der Waals surface area contributed by atoms with Gasteiger partial charge in [0.05, 0.1) is 5.75 Å². The van der Waals surface area contributed by atoms with Crippen LogP contribution in [0.2, 0.25) is 5.02 Å². The SMILES string of the molecule is CCn1c(SCC(=O)Nc2cccc(Cl)c2C)nnc1-c1csc(C(C)C)c1. The van der Waals surface area contributed by atoms with Crippen molar-refractivity contribution < 1.29 is 4.79 Å². The van der Waals surface area contributed by atoms with Gasteiger partial charge in [-0.3, -0.25) is 4.79 Å². The number of thiophene rings is 1. The highest BCUT2D eigenvalue weighted by Crippen LogP contribution is 2.31. The minimum absolute atomic E-state index is 0.0970. The Hall–Kier alpha value is -1.83. The first kappa shape index (κ1) is 20.9. The van der Waals surface area contributed by atoms with Gasteiger partial charge >= 0.3 is 0 Å². The molecule has 2 heterocycles. The number of rotatable bonds is 7. The Morgan fingerprint density at radius 2 is 2.14 bits per heavy atom. The van der Waals surface area contributed by atoms with Crippen LogP contribution < -0.4 is 5.32 Å². The van der Waals surface area contributed by atoms with Crippen molar-refractivity contribution in [2.24, 2.45) is 0 Å². The summed E-state index contributed by atoms with van der Waals surface area (Å²) in [6, 6.07) is 7.65. The van der Waals surface area contributed by atoms with Gasteiger partial charge in [-0.15, -0.1) is 21.5 Å². The first-order valence-corrected chi connectivity index (χ1v) is 11.3.